The highest BCUT2D eigenvalue weighted by Gasteiger charge is 2.16. The molecule has 102 valence electrons. The molecule has 19 heavy (non-hydrogen) atoms. The second kappa shape index (κ2) is 6.19. The van der Waals surface area contributed by atoms with Crippen LogP contribution in [0.4, 0.5) is 10.5 Å². The van der Waals surface area contributed by atoms with E-state index in [2.05, 4.69) is 21.2 Å². The number of benzene rings is 1. The number of likely N-dealkylation sites (N-methyl/N-ethyl adjacent to an activating group) is 1. The number of hydrogen-bond donors (Lipinski definition) is 3. The number of rotatable bonds is 4. The minimum atomic E-state index is -1.17. The summed E-state index contributed by atoms with van der Waals surface area (Å²) in [6, 6.07) is 3.74. The lowest BCUT2D eigenvalue weighted by molar-refractivity contribution is -0.118. The third-order valence-electron chi connectivity index (χ3n) is 2.19. The Hall–Kier alpha value is -2.09. The van der Waals surface area contributed by atoms with Gasteiger partial charge in [0.25, 0.3) is 0 Å². The Kier molecular flexibility index (Phi) is 4.87. The van der Waals surface area contributed by atoms with Gasteiger partial charge in [-0.15, -0.1) is 0 Å². The molecule has 0 aliphatic carbocycles. The van der Waals surface area contributed by atoms with Gasteiger partial charge in [-0.25, -0.2) is 9.59 Å². The Morgan fingerprint density at radius 1 is 1.42 bits per heavy atom. The van der Waals surface area contributed by atoms with Gasteiger partial charge in [0.05, 0.1) is 11.3 Å². The zero-order valence-corrected chi connectivity index (χ0v) is 11.6. The van der Waals surface area contributed by atoms with E-state index in [0.29, 0.717) is 4.47 Å². The number of halogens is 1. The third-order valence-corrected chi connectivity index (χ3v) is 2.69. The minimum absolute atomic E-state index is 0.0518. The van der Waals surface area contributed by atoms with Gasteiger partial charge in [0.1, 0.15) is 6.54 Å². The van der Waals surface area contributed by atoms with Crippen molar-refractivity contribution in [1.82, 2.24) is 4.90 Å². The SMILES string of the molecule is CN(CC(N)=O)C(=O)Nc1cc(Br)ccc1C(=O)O. The number of aromatic carboxylic acids is 1. The van der Waals surface area contributed by atoms with Crippen molar-refractivity contribution in [3.8, 4) is 0 Å². The minimum Gasteiger partial charge on any atom is -0.478 e. The number of nitrogens with zero attached hydrogens (tertiary/aromatic N) is 1. The molecular formula is C11H12BrN3O4. The summed E-state index contributed by atoms with van der Waals surface area (Å²) in [7, 11) is 1.37. The van der Waals surface area contributed by atoms with Crippen molar-refractivity contribution in [2.45, 2.75) is 0 Å². The Labute approximate surface area is 117 Å². The van der Waals surface area contributed by atoms with E-state index in [1.807, 2.05) is 0 Å². The summed E-state index contributed by atoms with van der Waals surface area (Å²) in [6.07, 6.45) is 0. The van der Waals surface area contributed by atoms with E-state index in [4.69, 9.17) is 10.8 Å². The number of carboxylic acids is 1. The molecule has 8 heteroatoms. The molecule has 0 aliphatic heterocycles. The first-order valence-electron chi connectivity index (χ1n) is 5.14. The number of primary amides is 1. The zero-order valence-electron chi connectivity index (χ0n) is 10.0. The Morgan fingerprint density at radius 2 is 2.05 bits per heavy atom. The molecule has 0 aromatic heterocycles. The Bertz CT molecular complexity index is 533. The summed E-state index contributed by atoms with van der Waals surface area (Å²) in [6.45, 7) is -0.262. The summed E-state index contributed by atoms with van der Waals surface area (Å²) in [4.78, 5) is 34.5. The van der Waals surface area contributed by atoms with Gasteiger partial charge < -0.3 is 21.1 Å². The van der Waals surface area contributed by atoms with Crippen LogP contribution in [0.2, 0.25) is 0 Å². The van der Waals surface area contributed by atoms with Crippen LogP contribution < -0.4 is 11.1 Å². The van der Waals surface area contributed by atoms with Gasteiger partial charge in [-0.05, 0) is 18.2 Å². The van der Waals surface area contributed by atoms with Gasteiger partial charge in [-0.1, -0.05) is 15.9 Å². The predicted molar refractivity (Wildman–Crippen MR) is 71.9 cm³/mol. The number of nitrogens with two attached hydrogens (primary N) is 1. The normalized spacial score (nSPS) is 9.79. The van der Waals surface area contributed by atoms with E-state index in [9.17, 15) is 14.4 Å². The van der Waals surface area contributed by atoms with Crippen LogP contribution in [0, 0.1) is 0 Å². The molecule has 0 aliphatic rings. The summed E-state index contributed by atoms with van der Waals surface area (Å²) >= 11 is 3.18. The van der Waals surface area contributed by atoms with Crippen molar-refractivity contribution in [2.24, 2.45) is 5.73 Å². The van der Waals surface area contributed by atoms with E-state index < -0.39 is 17.9 Å². The van der Waals surface area contributed by atoms with Crippen LogP contribution in [0.3, 0.4) is 0 Å². The molecule has 0 atom stereocenters. The number of anilines is 1. The number of hydrogen-bond acceptors (Lipinski definition) is 3. The largest absolute Gasteiger partial charge is 0.478 e. The highest BCUT2D eigenvalue weighted by Crippen LogP contribution is 2.21. The maximum absolute atomic E-state index is 11.7. The number of carboxylic acid groups (broad SMARTS) is 1. The number of carbonyl (C=O) groups excluding carboxylic acids is 2. The van der Waals surface area contributed by atoms with Crippen molar-refractivity contribution < 1.29 is 19.5 Å². The lowest BCUT2D eigenvalue weighted by Gasteiger charge is -2.17. The fourth-order valence-electron chi connectivity index (χ4n) is 1.32. The number of nitrogens with one attached hydrogen (secondary N) is 1. The van der Waals surface area contributed by atoms with E-state index in [0.717, 1.165) is 4.90 Å². The van der Waals surface area contributed by atoms with E-state index in [1.54, 1.807) is 6.07 Å². The number of urea groups is 1. The standard InChI is InChI=1S/C11H12BrN3O4/c1-15(5-9(13)16)11(19)14-8-4-6(12)2-3-7(8)10(17)18/h2-4H,5H2,1H3,(H2,13,16)(H,14,19)(H,17,18). The Balaban J connectivity index is 2.92. The van der Waals surface area contributed by atoms with Gasteiger partial charge in [0, 0.05) is 11.5 Å². The van der Waals surface area contributed by atoms with Gasteiger partial charge in [0.15, 0.2) is 0 Å². The highest BCUT2D eigenvalue weighted by atomic mass is 79.9. The molecule has 0 saturated heterocycles. The fourth-order valence-corrected chi connectivity index (χ4v) is 1.68. The molecule has 1 aromatic rings. The third kappa shape index (κ3) is 4.25. The molecule has 1 aromatic carbocycles. The van der Waals surface area contributed by atoms with E-state index in [-0.39, 0.29) is 17.8 Å². The van der Waals surface area contributed by atoms with Crippen molar-refractivity contribution in [3.05, 3.63) is 28.2 Å². The Morgan fingerprint density at radius 3 is 2.58 bits per heavy atom. The van der Waals surface area contributed by atoms with Crippen molar-refractivity contribution >= 4 is 39.5 Å². The number of amides is 3. The van der Waals surface area contributed by atoms with Crippen molar-refractivity contribution in [1.29, 1.82) is 0 Å². The first kappa shape index (κ1) is 15.0. The average Bonchev–Trinajstić information content (AvgIpc) is 2.27. The molecule has 0 fully saturated rings. The summed E-state index contributed by atoms with van der Waals surface area (Å²) in [5.41, 5.74) is 5.04. The quantitative estimate of drug-likeness (QED) is 0.767. The van der Waals surface area contributed by atoms with Crippen LogP contribution in [0.15, 0.2) is 22.7 Å². The first-order valence-corrected chi connectivity index (χ1v) is 5.94. The molecule has 7 nitrogen and oxygen atoms in total. The average molecular weight is 330 g/mol. The fraction of sp³-hybridized carbons (Fsp3) is 0.182. The lowest BCUT2D eigenvalue weighted by Crippen LogP contribution is -2.38. The molecule has 0 bridgehead atoms. The summed E-state index contributed by atoms with van der Waals surface area (Å²) in [5, 5.41) is 11.4. The molecule has 0 heterocycles. The van der Waals surface area contributed by atoms with Gasteiger partial charge >= 0.3 is 12.0 Å². The van der Waals surface area contributed by atoms with Crippen LogP contribution in [0.5, 0.6) is 0 Å². The van der Waals surface area contributed by atoms with Crippen LogP contribution in [0.1, 0.15) is 10.4 Å². The smallest absolute Gasteiger partial charge is 0.337 e. The van der Waals surface area contributed by atoms with Crippen LogP contribution in [-0.2, 0) is 4.79 Å². The molecule has 0 unspecified atom stereocenters. The second-order valence-corrected chi connectivity index (χ2v) is 4.66. The van der Waals surface area contributed by atoms with Crippen LogP contribution >= 0.6 is 15.9 Å². The maximum Gasteiger partial charge on any atom is 0.337 e. The van der Waals surface area contributed by atoms with Gasteiger partial charge in [0.2, 0.25) is 5.91 Å². The highest BCUT2D eigenvalue weighted by molar-refractivity contribution is 9.10. The monoisotopic (exact) mass is 329 g/mol. The van der Waals surface area contributed by atoms with Gasteiger partial charge in [-0.3, -0.25) is 4.79 Å². The molecule has 3 amide bonds. The van der Waals surface area contributed by atoms with Crippen molar-refractivity contribution in [2.75, 3.05) is 18.9 Å². The second-order valence-electron chi connectivity index (χ2n) is 3.75. The molecule has 0 saturated carbocycles. The van der Waals surface area contributed by atoms with E-state index >= 15 is 0 Å². The first-order chi connectivity index (χ1) is 8.81. The molecular weight excluding hydrogens is 318 g/mol. The van der Waals surface area contributed by atoms with Crippen molar-refractivity contribution in [3.63, 3.8) is 0 Å². The predicted octanol–water partition coefficient (Wildman–Crippen LogP) is 1.10. The summed E-state index contributed by atoms with van der Waals surface area (Å²) in [5.74, 6) is -1.83. The van der Waals surface area contributed by atoms with E-state index in [1.165, 1.54) is 19.2 Å². The lowest BCUT2D eigenvalue weighted by atomic mass is 10.2. The number of carbonyl (C=O) groups is 3. The maximum atomic E-state index is 11.7. The zero-order chi connectivity index (χ0) is 14.6. The van der Waals surface area contributed by atoms with Crippen LogP contribution in [0.25, 0.3) is 0 Å². The topological polar surface area (TPSA) is 113 Å². The summed E-state index contributed by atoms with van der Waals surface area (Å²) < 4.78 is 0.616. The molecule has 4 N–H and O–H groups in total. The van der Waals surface area contributed by atoms with Crippen LogP contribution in [-0.4, -0.2) is 41.5 Å². The molecule has 1 rings (SSSR count). The molecule has 0 spiro atoms. The molecule has 0 radical (unpaired) electrons. The van der Waals surface area contributed by atoms with Gasteiger partial charge in [-0.2, -0.15) is 0 Å².